The Morgan fingerprint density at radius 1 is 0.962 bits per heavy atom. The van der Waals surface area contributed by atoms with Gasteiger partial charge in [-0.25, -0.2) is 17.9 Å². The molecule has 8 heteroatoms. The maximum absolute atomic E-state index is 12.2. The Morgan fingerprint density at radius 3 is 2.08 bits per heavy atom. The van der Waals surface area contributed by atoms with Crippen LogP contribution >= 0.6 is 0 Å². The number of amides is 1. The first kappa shape index (κ1) is 19.6. The Kier molecular flexibility index (Phi) is 6.48. The van der Waals surface area contributed by atoms with E-state index < -0.39 is 16.0 Å². The first-order valence-electron chi connectivity index (χ1n) is 7.99. The van der Waals surface area contributed by atoms with Gasteiger partial charge in [-0.3, -0.25) is 4.79 Å². The number of benzene rings is 2. The minimum atomic E-state index is -3.54. The van der Waals surface area contributed by atoms with Gasteiger partial charge in [-0.2, -0.15) is 0 Å². The average Bonchev–Trinajstić information content (AvgIpc) is 2.66. The third kappa shape index (κ3) is 4.90. The lowest BCUT2D eigenvalue weighted by molar-refractivity contribution is 0.0505. The summed E-state index contributed by atoms with van der Waals surface area (Å²) < 4.78 is 30.6. The van der Waals surface area contributed by atoms with Gasteiger partial charge >= 0.3 is 5.97 Å². The Bertz CT molecular complexity index is 875. The van der Waals surface area contributed by atoms with Gasteiger partial charge in [0.15, 0.2) is 0 Å². The zero-order valence-electron chi connectivity index (χ0n) is 14.5. The minimum Gasteiger partial charge on any atom is -0.462 e. The highest BCUT2D eigenvalue weighted by molar-refractivity contribution is 7.89. The lowest BCUT2D eigenvalue weighted by atomic mass is 10.2. The van der Waals surface area contributed by atoms with Gasteiger partial charge in [0.05, 0.1) is 17.1 Å². The molecule has 0 bridgehead atoms. The highest BCUT2D eigenvalue weighted by atomic mass is 32.2. The van der Waals surface area contributed by atoms with Crippen LogP contribution in [0.3, 0.4) is 0 Å². The number of carbonyl (C=O) groups is 2. The molecule has 0 fully saturated rings. The van der Waals surface area contributed by atoms with Crippen molar-refractivity contribution in [3.05, 3.63) is 59.7 Å². The van der Waals surface area contributed by atoms with Gasteiger partial charge in [0, 0.05) is 11.3 Å². The van der Waals surface area contributed by atoms with Crippen LogP contribution in [0.5, 0.6) is 0 Å². The molecule has 138 valence electrons. The molecule has 0 saturated carbocycles. The Hall–Kier alpha value is -2.71. The smallest absolute Gasteiger partial charge is 0.338 e. The van der Waals surface area contributed by atoms with Crippen LogP contribution in [0.4, 0.5) is 5.69 Å². The van der Waals surface area contributed by atoms with Crippen molar-refractivity contribution >= 4 is 27.6 Å². The molecular weight excluding hydrogens is 356 g/mol. The van der Waals surface area contributed by atoms with Gasteiger partial charge in [-0.1, -0.05) is 6.92 Å². The summed E-state index contributed by atoms with van der Waals surface area (Å²) in [5.41, 5.74) is 1.22. The average molecular weight is 376 g/mol. The molecule has 0 aliphatic heterocycles. The van der Waals surface area contributed by atoms with Crippen molar-refractivity contribution in [3.63, 3.8) is 0 Å². The highest BCUT2D eigenvalue weighted by Gasteiger charge is 2.13. The van der Waals surface area contributed by atoms with Crippen molar-refractivity contribution in [1.82, 2.24) is 4.72 Å². The van der Waals surface area contributed by atoms with E-state index in [2.05, 4.69) is 10.0 Å². The van der Waals surface area contributed by atoms with Gasteiger partial charge in [0.1, 0.15) is 0 Å². The topological polar surface area (TPSA) is 102 Å². The van der Waals surface area contributed by atoms with Crippen LogP contribution in [0.15, 0.2) is 53.4 Å². The SMILES string of the molecule is CCCOC(=O)c1ccc(NC(=O)c2ccc(S(=O)(=O)NC)cc2)cc1. The number of ether oxygens (including phenoxy) is 1. The summed E-state index contributed by atoms with van der Waals surface area (Å²) in [6.45, 7) is 2.27. The number of rotatable bonds is 7. The molecule has 0 unspecified atom stereocenters. The molecule has 0 atom stereocenters. The van der Waals surface area contributed by atoms with Crippen molar-refractivity contribution < 1.29 is 22.7 Å². The van der Waals surface area contributed by atoms with E-state index in [-0.39, 0.29) is 10.8 Å². The first-order valence-corrected chi connectivity index (χ1v) is 9.48. The molecule has 0 heterocycles. The number of hydrogen-bond acceptors (Lipinski definition) is 5. The van der Waals surface area contributed by atoms with E-state index in [1.54, 1.807) is 24.3 Å². The summed E-state index contributed by atoms with van der Waals surface area (Å²) in [6, 6.07) is 11.9. The van der Waals surface area contributed by atoms with Crippen molar-refractivity contribution in [1.29, 1.82) is 0 Å². The van der Waals surface area contributed by atoms with E-state index >= 15 is 0 Å². The standard InChI is InChI=1S/C18H20N2O5S/c1-3-12-25-18(22)14-4-8-15(9-5-14)20-17(21)13-6-10-16(11-7-13)26(23,24)19-2/h4-11,19H,3,12H2,1-2H3,(H,20,21). The molecule has 0 aliphatic rings. The predicted molar refractivity (Wildman–Crippen MR) is 97.7 cm³/mol. The van der Waals surface area contributed by atoms with Crippen molar-refractivity contribution in [2.24, 2.45) is 0 Å². The maximum Gasteiger partial charge on any atom is 0.338 e. The van der Waals surface area contributed by atoms with Gasteiger partial charge in [0.2, 0.25) is 10.0 Å². The fraction of sp³-hybridized carbons (Fsp3) is 0.222. The van der Waals surface area contributed by atoms with Crippen LogP contribution in [0.2, 0.25) is 0 Å². The first-order chi connectivity index (χ1) is 12.4. The molecule has 0 aliphatic carbocycles. The van der Waals surface area contributed by atoms with E-state index in [4.69, 9.17) is 4.74 Å². The third-order valence-corrected chi connectivity index (χ3v) is 4.94. The Labute approximate surface area is 152 Å². The number of carbonyl (C=O) groups excluding carboxylic acids is 2. The lowest BCUT2D eigenvalue weighted by Gasteiger charge is -2.08. The predicted octanol–water partition coefficient (Wildman–Crippen LogP) is 2.41. The summed E-state index contributed by atoms with van der Waals surface area (Å²) in [4.78, 5) is 24.0. The molecule has 2 rings (SSSR count). The fourth-order valence-electron chi connectivity index (χ4n) is 2.07. The molecule has 0 saturated heterocycles. The van der Waals surface area contributed by atoms with Gasteiger partial charge in [-0.15, -0.1) is 0 Å². The van der Waals surface area contributed by atoms with Gasteiger partial charge in [-0.05, 0) is 62.0 Å². The largest absolute Gasteiger partial charge is 0.462 e. The summed E-state index contributed by atoms with van der Waals surface area (Å²) in [5, 5.41) is 2.68. The van der Waals surface area contributed by atoms with Crippen LogP contribution < -0.4 is 10.0 Å². The molecule has 1 amide bonds. The van der Waals surface area contributed by atoms with Crippen LogP contribution in [0.1, 0.15) is 34.1 Å². The number of hydrogen-bond donors (Lipinski definition) is 2. The summed E-state index contributed by atoms with van der Waals surface area (Å²) in [6.07, 6.45) is 0.744. The zero-order valence-corrected chi connectivity index (χ0v) is 15.3. The van der Waals surface area contributed by atoms with E-state index in [1.807, 2.05) is 6.92 Å². The summed E-state index contributed by atoms with van der Waals surface area (Å²) in [7, 11) is -2.23. The van der Waals surface area contributed by atoms with Gasteiger partial charge in [0.25, 0.3) is 5.91 Å². The van der Waals surface area contributed by atoms with E-state index in [1.165, 1.54) is 31.3 Å². The van der Waals surface area contributed by atoms with Crippen molar-refractivity contribution in [3.8, 4) is 0 Å². The number of sulfonamides is 1. The Balaban J connectivity index is 2.04. The molecule has 2 aromatic carbocycles. The lowest BCUT2D eigenvalue weighted by Crippen LogP contribution is -2.19. The van der Waals surface area contributed by atoms with Crippen LogP contribution in [0, 0.1) is 0 Å². The van der Waals surface area contributed by atoms with E-state index in [0.29, 0.717) is 23.4 Å². The quantitative estimate of drug-likeness (QED) is 0.723. The minimum absolute atomic E-state index is 0.0755. The molecular formula is C18H20N2O5S. The molecule has 2 N–H and O–H groups in total. The van der Waals surface area contributed by atoms with Gasteiger partial charge < -0.3 is 10.1 Å². The van der Waals surface area contributed by atoms with Crippen LogP contribution in [0.25, 0.3) is 0 Å². The second-order valence-electron chi connectivity index (χ2n) is 5.40. The van der Waals surface area contributed by atoms with Crippen molar-refractivity contribution in [2.45, 2.75) is 18.2 Å². The van der Waals surface area contributed by atoms with Crippen LogP contribution in [-0.4, -0.2) is 33.9 Å². The Morgan fingerprint density at radius 2 is 1.54 bits per heavy atom. The van der Waals surface area contributed by atoms with E-state index in [9.17, 15) is 18.0 Å². The molecule has 0 aromatic heterocycles. The summed E-state index contributed by atoms with van der Waals surface area (Å²) >= 11 is 0. The van der Waals surface area contributed by atoms with E-state index in [0.717, 1.165) is 6.42 Å². The third-order valence-electron chi connectivity index (χ3n) is 3.51. The summed E-state index contributed by atoms with van der Waals surface area (Å²) in [5.74, 6) is -0.800. The second-order valence-corrected chi connectivity index (χ2v) is 7.29. The number of esters is 1. The molecule has 0 radical (unpaired) electrons. The number of nitrogens with one attached hydrogen (secondary N) is 2. The highest BCUT2D eigenvalue weighted by Crippen LogP contribution is 2.14. The normalized spacial score (nSPS) is 11.0. The maximum atomic E-state index is 12.2. The second kappa shape index (κ2) is 8.59. The molecule has 0 spiro atoms. The molecule has 26 heavy (non-hydrogen) atoms. The van der Waals surface area contributed by atoms with Crippen molar-refractivity contribution in [2.75, 3.05) is 19.0 Å². The zero-order chi connectivity index (χ0) is 19.2. The monoisotopic (exact) mass is 376 g/mol. The fourth-order valence-corrected chi connectivity index (χ4v) is 2.80. The number of anilines is 1. The van der Waals surface area contributed by atoms with Crippen LogP contribution in [-0.2, 0) is 14.8 Å². The molecule has 2 aromatic rings. The molecule has 7 nitrogen and oxygen atoms in total.